The van der Waals surface area contributed by atoms with Crippen molar-refractivity contribution in [1.29, 1.82) is 0 Å². The molecule has 3 nitrogen and oxygen atoms in total. The van der Waals surface area contributed by atoms with Crippen LogP contribution in [0.3, 0.4) is 0 Å². The Kier molecular flexibility index (Phi) is 4.87. The quantitative estimate of drug-likeness (QED) is 0.818. The molecule has 0 spiro atoms. The molecule has 1 saturated heterocycles. The van der Waals surface area contributed by atoms with Crippen molar-refractivity contribution < 1.29 is 0 Å². The van der Waals surface area contributed by atoms with Gasteiger partial charge in [0.1, 0.15) is 0 Å². The molecule has 0 aromatic heterocycles. The molecule has 1 fully saturated rings. The van der Waals surface area contributed by atoms with Gasteiger partial charge in [-0.2, -0.15) is 0 Å². The van der Waals surface area contributed by atoms with Crippen LogP contribution in [-0.4, -0.2) is 31.1 Å². The third-order valence-corrected chi connectivity index (χ3v) is 3.93. The molecule has 2 aromatic carbocycles. The van der Waals surface area contributed by atoms with Gasteiger partial charge in [-0.05, 0) is 50.2 Å². The highest BCUT2D eigenvalue weighted by Crippen LogP contribution is 2.22. The topological polar surface area (TPSA) is 18.5 Å². The Labute approximate surface area is 127 Å². The fourth-order valence-electron chi connectivity index (χ4n) is 2.81. The highest BCUT2D eigenvalue weighted by Gasteiger charge is 2.12. The highest BCUT2D eigenvalue weighted by molar-refractivity contribution is 5.61. The molecular weight excluding hydrogens is 258 g/mol. The number of hydrazine groups is 1. The van der Waals surface area contributed by atoms with E-state index in [0.29, 0.717) is 0 Å². The van der Waals surface area contributed by atoms with Gasteiger partial charge in [-0.1, -0.05) is 36.4 Å². The maximum Gasteiger partial charge on any atom is 0.0577 e. The van der Waals surface area contributed by atoms with E-state index in [-0.39, 0.29) is 0 Å². The molecule has 0 amide bonds. The summed E-state index contributed by atoms with van der Waals surface area (Å²) in [6.07, 6.45) is 2.70. The van der Waals surface area contributed by atoms with Crippen molar-refractivity contribution in [3.05, 3.63) is 60.7 Å². The van der Waals surface area contributed by atoms with E-state index in [1.54, 1.807) is 0 Å². The van der Waals surface area contributed by atoms with Crippen molar-refractivity contribution in [1.82, 2.24) is 10.3 Å². The summed E-state index contributed by atoms with van der Waals surface area (Å²) in [7, 11) is 0. The molecule has 1 N–H and O–H groups in total. The predicted octanol–water partition coefficient (Wildman–Crippen LogP) is 3.43. The third kappa shape index (κ3) is 3.84. The van der Waals surface area contributed by atoms with Crippen LogP contribution >= 0.6 is 0 Å². The van der Waals surface area contributed by atoms with Gasteiger partial charge >= 0.3 is 0 Å². The summed E-state index contributed by atoms with van der Waals surface area (Å²) in [5, 5.41) is 2.18. The second-order valence-corrected chi connectivity index (χ2v) is 5.46. The zero-order chi connectivity index (χ0) is 14.3. The maximum atomic E-state index is 3.57. The van der Waals surface area contributed by atoms with Gasteiger partial charge in [-0.15, -0.1) is 0 Å². The van der Waals surface area contributed by atoms with Crippen molar-refractivity contribution in [2.45, 2.75) is 12.8 Å². The Balaban J connectivity index is 1.67. The molecule has 0 atom stereocenters. The molecule has 3 rings (SSSR count). The van der Waals surface area contributed by atoms with Gasteiger partial charge in [0.25, 0.3) is 0 Å². The number of nitrogens with zero attached hydrogens (tertiary/aromatic N) is 2. The lowest BCUT2D eigenvalue weighted by molar-refractivity contribution is 0.336. The van der Waals surface area contributed by atoms with Gasteiger partial charge in [0, 0.05) is 13.1 Å². The molecule has 21 heavy (non-hydrogen) atoms. The van der Waals surface area contributed by atoms with E-state index < -0.39 is 0 Å². The Bertz CT molecular complexity index is 481. The van der Waals surface area contributed by atoms with Crippen LogP contribution in [0.25, 0.3) is 0 Å². The van der Waals surface area contributed by atoms with E-state index in [0.717, 1.165) is 13.1 Å². The normalized spacial score (nSPS) is 15.2. The van der Waals surface area contributed by atoms with Gasteiger partial charge in [-0.25, -0.2) is 5.43 Å². The van der Waals surface area contributed by atoms with Crippen LogP contribution in [0, 0.1) is 0 Å². The van der Waals surface area contributed by atoms with E-state index in [1.807, 2.05) is 0 Å². The molecule has 0 bridgehead atoms. The van der Waals surface area contributed by atoms with Gasteiger partial charge in [0.15, 0.2) is 0 Å². The van der Waals surface area contributed by atoms with Gasteiger partial charge in [0.2, 0.25) is 0 Å². The Morgan fingerprint density at radius 2 is 1.33 bits per heavy atom. The first-order valence-corrected chi connectivity index (χ1v) is 7.79. The molecule has 1 aliphatic rings. The summed E-state index contributed by atoms with van der Waals surface area (Å²) in [6, 6.07) is 21.0. The molecule has 2 aromatic rings. The van der Waals surface area contributed by atoms with Crippen LogP contribution in [0.4, 0.5) is 11.4 Å². The zero-order valence-electron chi connectivity index (χ0n) is 12.4. The number of rotatable bonds is 6. The number of hydrogen-bond donors (Lipinski definition) is 1. The maximum absolute atomic E-state index is 3.57. The fourth-order valence-corrected chi connectivity index (χ4v) is 2.81. The summed E-state index contributed by atoms with van der Waals surface area (Å²) < 4.78 is 0. The predicted molar refractivity (Wildman–Crippen MR) is 88.7 cm³/mol. The standard InChI is InChI=1S/C18H23N3/c1-3-9-17(10-4-1)21(18-11-5-2-6-12-18)19-13-16-20-14-7-8-15-20/h1-6,9-12,19H,7-8,13-16H2. The zero-order valence-corrected chi connectivity index (χ0v) is 12.4. The van der Waals surface area contributed by atoms with Gasteiger partial charge in [0.05, 0.1) is 11.4 Å². The Morgan fingerprint density at radius 3 is 1.86 bits per heavy atom. The molecule has 1 heterocycles. The molecule has 0 aliphatic carbocycles. The monoisotopic (exact) mass is 281 g/mol. The average Bonchev–Trinajstić information content (AvgIpc) is 3.07. The summed E-state index contributed by atoms with van der Waals surface area (Å²) in [5.41, 5.74) is 5.91. The molecule has 3 heteroatoms. The SMILES string of the molecule is c1ccc(N(NCCN2CCCC2)c2ccccc2)cc1. The second kappa shape index (κ2) is 7.25. The summed E-state index contributed by atoms with van der Waals surface area (Å²) in [5.74, 6) is 0. The lowest BCUT2D eigenvalue weighted by Gasteiger charge is -2.27. The number of para-hydroxylation sites is 2. The molecule has 0 unspecified atom stereocenters. The first-order chi connectivity index (χ1) is 10.4. The smallest absolute Gasteiger partial charge is 0.0577 e. The summed E-state index contributed by atoms with van der Waals surface area (Å²) in [4.78, 5) is 2.53. The molecule has 0 saturated carbocycles. The van der Waals surface area contributed by atoms with Crippen LogP contribution in [0.1, 0.15) is 12.8 Å². The van der Waals surface area contributed by atoms with Gasteiger partial charge in [-0.3, -0.25) is 5.01 Å². The minimum atomic E-state index is 0.962. The number of benzene rings is 2. The molecule has 0 radical (unpaired) electrons. The van der Waals surface area contributed by atoms with E-state index in [9.17, 15) is 0 Å². The number of likely N-dealkylation sites (tertiary alicyclic amines) is 1. The number of nitrogens with one attached hydrogen (secondary N) is 1. The van der Waals surface area contributed by atoms with E-state index in [1.165, 1.54) is 37.3 Å². The van der Waals surface area contributed by atoms with Crippen LogP contribution in [-0.2, 0) is 0 Å². The first kappa shape index (κ1) is 14.1. The lowest BCUT2D eigenvalue weighted by atomic mass is 10.2. The first-order valence-electron chi connectivity index (χ1n) is 7.79. The lowest BCUT2D eigenvalue weighted by Crippen LogP contribution is -2.39. The summed E-state index contributed by atoms with van der Waals surface area (Å²) >= 11 is 0. The van der Waals surface area contributed by atoms with Crippen LogP contribution in [0.2, 0.25) is 0 Å². The highest BCUT2D eigenvalue weighted by atomic mass is 15.5. The van der Waals surface area contributed by atoms with E-state index in [2.05, 4.69) is 76.0 Å². The Morgan fingerprint density at radius 1 is 0.810 bits per heavy atom. The van der Waals surface area contributed by atoms with E-state index in [4.69, 9.17) is 0 Å². The van der Waals surface area contributed by atoms with Crippen molar-refractivity contribution in [2.75, 3.05) is 31.2 Å². The van der Waals surface area contributed by atoms with E-state index >= 15 is 0 Å². The van der Waals surface area contributed by atoms with Crippen molar-refractivity contribution in [3.63, 3.8) is 0 Å². The van der Waals surface area contributed by atoms with Crippen molar-refractivity contribution in [3.8, 4) is 0 Å². The van der Waals surface area contributed by atoms with Crippen LogP contribution in [0.5, 0.6) is 0 Å². The van der Waals surface area contributed by atoms with Gasteiger partial charge < -0.3 is 4.90 Å². The third-order valence-electron chi connectivity index (χ3n) is 3.93. The average molecular weight is 281 g/mol. The Hall–Kier alpha value is -1.84. The largest absolute Gasteiger partial charge is 0.302 e. The molecular formula is C18H23N3. The minimum Gasteiger partial charge on any atom is -0.302 e. The van der Waals surface area contributed by atoms with Crippen molar-refractivity contribution in [2.24, 2.45) is 0 Å². The molecule has 1 aliphatic heterocycles. The fraction of sp³-hybridized carbons (Fsp3) is 0.333. The number of hydrogen-bond acceptors (Lipinski definition) is 3. The van der Waals surface area contributed by atoms with Crippen molar-refractivity contribution >= 4 is 11.4 Å². The van der Waals surface area contributed by atoms with Crippen LogP contribution < -0.4 is 10.4 Å². The second-order valence-electron chi connectivity index (χ2n) is 5.46. The van der Waals surface area contributed by atoms with Crippen LogP contribution in [0.15, 0.2) is 60.7 Å². The molecule has 110 valence electrons. The number of anilines is 2. The minimum absolute atomic E-state index is 0.962. The summed E-state index contributed by atoms with van der Waals surface area (Å²) in [6.45, 7) is 4.57.